The highest BCUT2D eigenvalue weighted by Crippen LogP contribution is 2.23. The molecular formula is C18H23N3O2. The number of aliphatic hydroxyl groups is 1. The predicted molar refractivity (Wildman–Crippen MR) is 88.1 cm³/mol. The van der Waals surface area contributed by atoms with Gasteiger partial charge >= 0.3 is 0 Å². The molecule has 3 rings (SSSR count). The molecule has 1 heterocycles. The van der Waals surface area contributed by atoms with E-state index < -0.39 is 0 Å². The van der Waals surface area contributed by atoms with Gasteiger partial charge in [-0.05, 0) is 42.9 Å². The summed E-state index contributed by atoms with van der Waals surface area (Å²) < 4.78 is 1.99. The van der Waals surface area contributed by atoms with Crippen LogP contribution in [-0.4, -0.2) is 33.2 Å². The normalized spacial score (nSPS) is 21.1. The number of nitrogens with zero attached hydrogens (tertiary/aromatic N) is 2. The molecule has 122 valence electrons. The van der Waals surface area contributed by atoms with E-state index in [0.29, 0.717) is 18.0 Å². The van der Waals surface area contributed by atoms with Gasteiger partial charge < -0.3 is 15.0 Å². The molecule has 5 nitrogen and oxygen atoms in total. The van der Waals surface area contributed by atoms with E-state index in [-0.39, 0.29) is 12.0 Å². The summed E-state index contributed by atoms with van der Waals surface area (Å²) in [7, 11) is 0. The number of imidazole rings is 1. The van der Waals surface area contributed by atoms with Gasteiger partial charge in [0, 0.05) is 31.0 Å². The van der Waals surface area contributed by atoms with Gasteiger partial charge in [0.05, 0.1) is 12.4 Å². The van der Waals surface area contributed by atoms with E-state index >= 15 is 0 Å². The van der Waals surface area contributed by atoms with Crippen LogP contribution < -0.4 is 5.32 Å². The van der Waals surface area contributed by atoms with Crippen LogP contribution in [-0.2, 0) is 6.54 Å². The number of aromatic nitrogens is 2. The maximum Gasteiger partial charge on any atom is 0.251 e. The van der Waals surface area contributed by atoms with E-state index in [1.54, 1.807) is 12.5 Å². The van der Waals surface area contributed by atoms with Crippen LogP contribution >= 0.6 is 0 Å². The molecule has 23 heavy (non-hydrogen) atoms. The van der Waals surface area contributed by atoms with E-state index in [2.05, 4.69) is 10.3 Å². The second-order valence-corrected chi connectivity index (χ2v) is 6.33. The van der Waals surface area contributed by atoms with E-state index in [4.69, 9.17) is 0 Å². The summed E-state index contributed by atoms with van der Waals surface area (Å²) in [6, 6.07) is 7.66. The summed E-state index contributed by atoms with van der Waals surface area (Å²) >= 11 is 0. The molecule has 5 heteroatoms. The minimum absolute atomic E-state index is 0.0424. The smallest absolute Gasteiger partial charge is 0.251 e. The number of carbonyl (C=O) groups excluding carboxylic acids is 1. The third-order valence-electron chi connectivity index (χ3n) is 4.45. The summed E-state index contributed by atoms with van der Waals surface area (Å²) in [5, 5.41) is 12.7. The van der Waals surface area contributed by atoms with Crippen LogP contribution in [0.15, 0.2) is 43.0 Å². The van der Waals surface area contributed by atoms with Crippen LogP contribution in [0, 0.1) is 5.92 Å². The molecule has 1 aliphatic carbocycles. The monoisotopic (exact) mass is 313 g/mol. The molecule has 0 bridgehead atoms. The summed E-state index contributed by atoms with van der Waals surface area (Å²) in [6.07, 6.45) is 9.06. The number of amides is 1. The number of nitrogens with one attached hydrogen (secondary N) is 1. The van der Waals surface area contributed by atoms with E-state index in [9.17, 15) is 9.90 Å². The number of hydrogen-bond acceptors (Lipinski definition) is 3. The van der Waals surface area contributed by atoms with Crippen LogP contribution in [0.25, 0.3) is 0 Å². The minimum Gasteiger partial charge on any atom is -0.393 e. The molecule has 1 aromatic carbocycles. The molecule has 0 saturated heterocycles. The highest BCUT2D eigenvalue weighted by Gasteiger charge is 2.20. The average Bonchev–Trinajstić information content (AvgIpc) is 3.06. The fourth-order valence-electron chi connectivity index (χ4n) is 3.14. The second-order valence-electron chi connectivity index (χ2n) is 6.33. The first-order valence-electron chi connectivity index (χ1n) is 8.21. The van der Waals surface area contributed by atoms with Crippen molar-refractivity contribution < 1.29 is 9.90 Å². The maximum atomic E-state index is 12.2. The highest BCUT2D eigenvalue weighted by atomic mass is 16.3. The van der Waals surface area contributed by atoms with Crippen LogP contribution in [0.3, 0.4) is 0 Å². The van der Waals surface area contributed by atoms with Crippen LogP contribution in [0.2, 0.25) is 0 Å². The van der Waals surface area contributed by atoms with Gasteiger partial charge in [-0.1, -0.05) is 18.6 Å². The topological polar surface area (TPSA) is 67.2 Å². The zero-order valence-corrected chi connectivity index (χ0v) is 13.2. The Balaban J connectivity index is 1.51. The van der Waals surface area contributed by atoms with Crippen molar-refractivity contribution in [3.63, 3.8) is 0 Å². The Morgan fingerprint density at radius 2 is 2.13 bits per heavy atom. The van der Waals surface area contributed by atoms with Crippen molar-refractivity contribution in [2.75, 3.05) is 6.54 Å². The molecule has 1 amide bonds. The molecule has 1 fully saturated rings. The SMILES string of the molecule is O=C(NCC1CCCC(O)C1)c1ccc(Cn2ccnc2)cc1. The summed E-state index contributed by atoms with van der Waals surface area (Å²) in [5.41, 5.74) is 1.81. The third-order valence-corrected chi connectivity index (χ3v) is 4.45. The summed E-state index contributed by atoms with van der Waals surface area (Å²) in [5.74, 6) is 0.349. The van der Waals surface area contributed by atoms with Crippen molar-refractivity contribution in [3.8, 4) is 0 Å². The first-order chi connectivity index (χ1) is 11.2. The van der Waals surface area contributed by atoms with Crippen molar-refractivity contribution in [1.82, 2.24) is 14.9 Å². The lowest BCUT2D eigenvalue weighted by Gasteiger charge is -2.25. The average molecular weight is 313 g/mol. The molecule has 2 atom stereocenters. The molecule has 0 spiro atoms. The molecular weight excluding hydrogens is 290 g/mol. The number of carbonyl (C=O) groups is 1. The Hall–Kier alpha value is -2.14. The van der Waals surface area contributed by atoms with Crippen molar-refractivity contribution >= 4 is 5.91 Å². The fraction of sp³-hybridized carbons (Fsp3) is 0.444. The molecule has 2 aromatic rings. The van der Waals surface area contributed by atoms with Gasteiger partial charge in [0.2, 0.25) is 0 Å². The maximum absolute atomic E-state index is 12.2. The van der Waals surface area contributed by atoms with Crippen LogP contribution in [0.4, 0.5) is 0 Å². The van der Waals surface area contributed by atoms with Crippen LogP contribution in [0.5, 0.6) is 0 Å². The zero-order valence-electron chi connectivity index (χ0n) is 13.2. The third kappa shape index (κ3) is 4.42. The first kappa shape index (κ1) is 15.7. The number of aliphatic hydroxyl groups excluding tert-OH is 1. The number of rotatable bonds is 5. The largest absolute Gasteiger partial charge is 0.393 e. The molecule has 1 aromatic heterocycles. The lowest BCUT2D eigenvalue weighted by atomic mass is 9.87. The van der Waals surface area contributed by atoms with Crippen molar-refractivity contribution in [3.05, 3.63) is 54.1 Å². The Kier molecular flexibility index (Phi) is 5.08. The minimum atomic E-state index is -0.201. The van der Waals surface area contributed by atoms with E-state index in [0.717, 1.165) is 37.8 Å². The summed E-state index contributed by atoms with van der Waals surface area (Å²) in [4.78, 5) is 16.2. The zero-order chi connectivity index (χ0) is 16.1. The highest BCUT2D eigenvalue weighted by molar-refractivity contribution is 5.94. The Morgan fingerprint density at radius 3 is 2.83 bits per heavy atom. The predicted octanol–water partition coefficient (Wildman–Crippen LogP) is 2.21. The van der Waals surface area contributed by atoms with Crippen molar-refractivity contribution in [2.24, 2.45) is 5.92 Å². The Bertz CT molecular complexity index is 622. The molecule has 0 radical (unpaired) electrons. The number of hydrogen-bond donors (Lipinski definition) is 2. The van der Waals surface area contributed by atoms with E-state index in [1.165, 1.54) is 0 Å². The second kappa shape index (κ2) is 7.42. The van der Waals surface area contributed by atoms with Gasteiger partial charge in [0.25, 0.3) is 5.91 Å². The molecule has 1 aliphatic rings. The van der Waals surface area contributed by atoms with Crippen molar-refractivity contribution in [1.29, 1.82) is 0 Å². The fourth-order valence-corrected chi connectivity index (χ4v) is 3.14. The van der Waals surface area contributed by atoms with Gasteiger partial charge in [0.1, 0.15) is 0 Å². The Morgan fingerprint density at radius 1 is 1.30 bits per heavy atom. The molecule has 2 N–H and O–H groups in total. The quantitative estimate of drug-likeness (QED) is 0.889. The number of benzene rings is 1. The molecule has 0 aliphatic heterocycles. The standard InChI is InChI=1S/C18H23N3O2/c22-17-3-1-2-15(10-17)11-20-18(23)16-6-4-14(5-7-16)12-21-9-8-19-13-21/h4-9,13,15,17,22H,1-3,10-12H2,(H,20,23). The summed E-state index contributed by atoms with van der Waals surface area (Å²) in [6.45, 7) is 1.40. The van der Waals surface area contributed by atoms with Gasteiger partial charge in [-0.2, -0.15) is 0 Å². The molecule has 1 saturated carbocycles. The molecule has 2 unspecified atom stereocenters. The van der Waals surface area contributed by atoms with Gasteiger partial charge in [0.15, 0.2) is 0 Å². The first-order valence-corrected chi connectivity index (χ1v) is 8.21. The Labute approximate surface area is 136 Å². The lowest BCUT2D eigenvalue weighted by molar-refractivity contribution is 0.0874. The van der Waals surface area contributed by atoms with E-state index in [1.807, 2.05) is 35.0 Å². The lowest BCUT2D eigenvalue weighted by Crippen LogP contribution is -2.32. The van der Waals surface area contributed by atoms with Crippen molar-refractivity contribution in [2.45, 2.75) is 38.3 Å². The van der Waals surface area contributed by atoms with Gasteiger partial charge in [-0.25, -0.2) is 4.98 Å². The van der Waals surface area contributed by atoms with Crippen LogP contribution in [0.1, 0.15) is 41.6 Å². The van der Waals surface area contributed by atoms with Gasteiger partial charge in [-0.3, -0.25) is 4.79 Å². The van der Waals surface area contributed by atoms with Gasteiger partial charge in [-0.15, -0.1) is 0 Å².